The van der Waals surface area contributed by atoms with Gasteiger partial charge >= 0.3 is 0 Å². The molecule has 0 aromatic heterocycles. The van der Waals surface area contributed by atoms with Gasteiger partial charge < -0.3 is 4.90 Å². The van der Waals surface area contributed by atoms with Crippen molar-refractivity contribution in [2.75, 3.05) is 4.90 Å². The molecular weight excluding hydrogens is 831 g/mol. The third-order valence-corrected chi connectivity index (χ3v) is 16.0. The number of hydrogen-bond donors (Lipinski definition) is 0. The maximum Gasteiger partial charge on any atom is 0.0731 e. The van der Waals surface area contributed by atoms with Crippen LogP contribution in [0.25, 0.3) is 55.6 Å². The van der Waals surface area contributed by atoms with E-state index in [2.05, 4.69) is 262 Å². The third-order valence-electron chi connectivity index (χ3n) is 16.0. The van der Waals surface area contributed by atoms with Crippen LogP contribution in [0.2, 0.25) is 0 Å². The number of rotatable bonds is 5. The zero-order chi connectivity index (χ0) is 47.8. The lowest BCUT2D eigenvalue weighted by molar-refractivity contribution is 0.586. The van der Waals surface area contributed by atoms with Gasteiger partial charge in [0.25, 0.3) is 0 Å². The zero-order valence-electron chi connectivity index (χ0n) is 41.8. The summed E-state index contributed by atoms with van der Waals surface area (Å²) in [5.74, 6) is 0. The van der Waals surface area contributed by atoms with Crippen LogP contribution in [0.15, 0.2) is 188 Å². The van der Waals surface area contributed by atoms with Gasteiger partial charge in [-0.25, -0.2) is 0 Å². The first-order valence-corrected chi connectivity index (χ1v) is 24.9. The SMILES string of the molecule is Cc1cc(C(C)(C)C)cc2c1-c1c(C)cc(C(C)(C)C)cc1C21c2ccccc2-c2cccc(-c3cccc(N(c4ccc(-c5ccccc5)cc4)c4ccc5c(c4)C(C)(C)c4ccccc4-5)c3)c21. The molecule has 0 radical (unpaired) electrons. The van der Waals surface area contributed by atoms with E-state index < -0.39 is 5.41 Å². The summed E-state index contributed by atoms with van der Waals surface area (Å²) < 4.78 is 0. The maximum atomic E-state index is 2.59. The number of anilines is 3. The summed E-state index contributed by atoms with van der Waals surface area (Å²) in [5.41, 5.74) is 29.4. The van der Waals surface area contributed by atoms with Gasteiger partial charge in [-0.2, -0.15) is 0 Å². The minimum Gasteiger partial charge on any atom is -0.310 e. The minimum absolute atomic E-state index is 0.0332. The molecule has 1 nitrogen and oxygen atoms in total. The van der Waals surface area contributed by atoms with Crippen LogP contribution in [0.5, 0.6) is 0 Å². The number of benzene rings is 9. The van der Waals surface area contributed by atoms with Crippen LogP contribution in [0.3, 0.4) is 0 Å². The molecular formula is C68H61N. The van der Waals surface area contributed by atoms with Gasteiger partial charge in [-0.05, 0) is 172 Å². The fraction of sp³-hybridized carbons (Fsp3) is 0.206. The monoisotopic (exact) mass is 891 g/mol. The van der Waals surface area contributed by atoms with Crippen molar-refractivity contribution in [1.82, 2.24) is 0 Å². The molecule has 9 aromatic carbocycles. The molecule has 0 unspecified atom stereocenters. The maximum absolute atomic E-state index is 2.59. The summed E-state index contributed by atoms with van der Waals surface area (Å²) in [6.45, 7) is 23.6. The lowest BCUT2D eigenvalue weighted by Crippen LogP contribution is -2.28. The number of fused-ring (bicyclic) bond motifs is 13. The Morgan fingerprint density at radius 1 is 0.348 bits per heavy atom. The molecule has 3 aliphatic carbocycles. The molecule has 0 N–H and O–H groups in total. The number of hydrogen-bond acceptors (Lipinski definition) is 1. The van der Waals surface area contributed by atoms with Gasteiger partial charge in [0.05, 0.1) is 5.41 Å². The summed E-state index contributed by atoms with van der Waals surface area (Å²) >= 11 is 0. The molecule has 9 aromatic rings. The third kappa shape index (κ3) is 6.36. The van der Waals surface area contributed by atoms with Crippen LogP contribution in [-0.4, -0.2) is 0 Å². The predicted molar refractivity (Wildman–Crippen MR) is 293 cm³/mol. The van der Waals surface area contributed by atoms with Crippen molar-refractivity contribution < 1.29 is 0 Å². The first-order chi connectivity index (χ1) is 33.1. The molecule has 12 rings (SSSR count). The molecule has 338 valence electrons. The predicted octanol–water partition coefficient (Wildman–Crippen LogP) is 18.4. The topological polar surface area (TPSA) is 3.24 Å². The van der Waals surface area contributed by atoms with Crippen LogP contribution in [0.4, 0.5) is 17.1 Å². The van der Waals surface area contributed by atoms with Crippen molar-refractivity contribution in [3.8, 4) is 55.6 Å². The van der Waals surface area contributed by atoms with Gasteiger partial charge in [0.1, 0.15) is 0 Å². The second-order valence-corrected chi connectivity index (χ2v) is 22.7. The molecule has 1 spiro atoms. The highest BCUT2D eigenvalue weighted by atomic mass is 15.1. The van der Waals surface area contributed by atoms with Crippen LogP contribution < -0.4 is 4.90 Å². The van der Waals surface area contributed by atoms with Crippen LogP contribution >= 0.6 is 0 Å². The molecule has 1 heteroatoms. The van der Waals surface area contributed by atoms with E-state index in [4.69, 9.17) is 0 Å². The van der Waals surface area contributed by atoms with Gasteiger partial charge in [-0.1, -0.05) is 207 Å². The molecule has 0 heterocycles. The van der Waals surface area contributed by atoms with E-state index in [-0.39, 0.29) is 16.2 Å². The average molecular weight is 892 g/mol. The Morgan fingerprint density at radius 3 is 1.46 bits per heavy atom. The van der Waals surface area contributed by atoms with Crippen molar-refractivity contribution in [3.63, 3.8) is 0 Å². The summed E-state index contributed by atoms with van der Waals surface area (Å²) in [6.07, 6.45) is 0. The average Bonchev–Trinajstić information content (AvgIpc) is 3.90. The Labute approximate surface area is 410 Å². The van der Waals surface area contributed by atoms with E-state index in [1.165, 1.54) is 111 Å². The van der Waals surface area contributed by atoms with E-state index in [0.717, 1.165) is 17.1 Å². The molecule has 0 atom stereocenters. The molecule has 0 amide bonds. The van der Waals surface area contributed by atoms with Crippen molar-refractivity contribution >= 4 is 17.1 Å². The summed E-state index contributed by atoms with van der Waals surface area (Å²) in [5, 5.41) is 0. The standard InChI is InChI=1S/C68H61N/c1-42-36-47(65(3,4)5)39-60-62(42)63-43(2)37-48(66(6,7)8)40-61(63)68(60)58-29-17-15-25-54(58)56-27-19-26-52(64(56)68)46-22-18-23-50(38-46)69(49-32-30-45(31-33-49)44-20-12-11-13-21-44)51-34-35-55-53-24-14-16-28-57(53)67(9,10)59(55)41-51/h11-41H,1-10H3. The highest BCUT2D eigenvalue weighted by Crippen LogP contribution is 2.66. The van der Waals surface area contributed by atoms with Crippen LogP contribution in [0.1, 0.15) is 111 Å². The van der Waals surface area contributed by atoms with E-state index in [0.29, 0.717) is 0 Å². The van der Waals surface area contributed by atoms with Gasteiger partial charge in [0.15, 0.2) is 0 Å². The first kappa shape index (κ1) is 43.1. The van der Waals surface area contributed by atoms with Gasteiger partial charge in [0, 0.05) is 22.5 Å². The van der Waals surface area contributed by atoms with Gasteiger partial charge in [-0.15, -0.1) is 0 Å². The molecule has 0 saturated carbocycles. The molecule has 0 bridgehead atoms. The van der Waals surface area contributed by atoms with Gasteiger partial charge in [0.2, 0.25) is 0 Å². The van der Waals surface area contributed by atoms with E-state index >= 15 is 0 Å². The lowest BCUT2D eigenvalue weighted by atomic mass is 9.67. The van der Waals surface area contributed by atoms with Crippen LogP contribution in [-0.2, 0) is 21.7 Å². The Morgan fingerprint density at radius 2 is 0.826 bits per heavy atom. The minimum atomic E-state index is -0.533. The van der Waals surface area contributed by atoms with Crippen molar-refractivity contribution in [2.45, 2.75) is 90.9 Å². The van der Waals surface area contributed by atoms with Crippen molar-refractivity contribution in [2.24, 2.45) is 0 Å². The smallest absolute Gasteiger partial charge is 0.0731 e. The Bertz CT molecular complexity index is 3480. The summed E-state index contributed by atoms with van der Waals surface area (Å²) in [6, 6.07) is 71.8. The van der Waals surface area contributed by atoms with E-state index in [1.54, 1.807) is 0 Å². The molecule has 0 aliphatic heterocycles. The Hall–Kier alpha value is -7.22. The lowest BCUT2D eigenvalue weighted by Gasteiger charge is -2.34. The van der Waals surface area contributed by atoms with Crippen molar-refractivity contribution in [1.29, 1.82) is 0 Å². The van der Waals surface area contributed by atoms with E-state index in [9.17, 15) is 0 Å². The highest BCUT2D eigenvalue weighted by molar-refractivity contribution is 6.01. The second kappa shape index (κ2) is 15.1. The molecule has 3 aliphatic rings. The fourth-order valence-electron chi connectivity index (χ4n) is 12.5. The first-order valence-electron chi connectivity index (χ1n) is 24.9. The quantitative estimate of drug-likeness (QED) is 0.166. The second-order valence-electron chi connectivity index (χ2n) is 22.7. The van der Waals surface area contributed by atoms with Gasteiger partial charge in [-0.3, -0.25) is 0 Å². The number of nitrogens with zero attached hydrogens (tertiary/aromatic N) is 1. The normalized spacial score (nSPS) is 14.5. The van der Waals surface area contributed by atoms with E-state index in [1.807, 2.05) is 0 Å². The van der Waals surface area contributed by atoms with Crippen molar-refractivity contribution in [3.05, 3.63) is 244 Å². The molecule has 0 saturated heterocycles. The molecule has 0 fully saturated rings. The largest absolute Gasteiger partial charge is 0.310 e. The molecule has 69 heavy (non-hydrogen) atoms. The fourth-order valence-corrected chi connectivity index (χ4v) is 12.5. The Kier molecular flexibility index (Phi) is 9.45. The number of aryl methyl sites for hydroxylation is 2. The van der Waals surface area contributed by atoms with Crippen LogP contribution in [0, 0.1) is 13.8 Å². The Balaban J connectivity index is 1.11. The summed E-state index contributed by atoms with van der Waals surface area (Å²) in [4.78, 5) is 2.48. The summed E-state index contributed by atoms with van der Waals surface area (Å²) in [7, 11) is 0. The zero-order valence-corrected chi connectivity index (χ0v) is 41.8. The highest BCUT2D eigenvalue weighted by Gasteiger charge is 2.54.